The van der Waals surface area contributed by atoms with Gasteiger partial charge in [0.25, 0.3) is 5.91 Å². The maximum atomic E-state index is 13.6. The van der Waals surface area contributed by atoms with E-state index in [4.69, 9.17) is 12.2 Å². The lowest BCUT2D eigenvalue weighted by molar-refractivity contribution is 0.0940. The predicted molar refractivity (Wildman–Crippen MR) is 87.3 cm³/mol. The molecule has 2 aromatic rings. The zero-order chi connectivity index (χ0) is 16.1. The van der Waals surface area contributed by atoms with Gasteiger partial charge >= 0.3 is 0 Å². The van der Waals surface area contributed by atoms with Gasteiger partial charge in [-0.2, -0.15) is 0 Å². The minimum atomic E-state index is -0.673. The number of rotatable bonds is 2. The zero-order valence-electron chi connectivity index (χ0n) is 11.0. The molecule has 0 radical (unpaired) electrons. The van der Waals surface area contributed by atoms with Crippen LogP contribution in [0, 0.1) is 11.6 Å². The quantitative estimate of drug-likeness (QED) is 0.548. The molecule has 1 amide bonds. The molecule has 8 heteroatoms. The van der Waals surface area contributed by atoms with E-state index in [-0.39, 0.29) is 16.5 Å². The molecule has 114 valence electrons. The Hall–Kier alpha value is -2.06. The Morgan fingerprint density at radius 1 is 1.05 bits per heavy atom. The fourth-order valence-corrected chi connectivity index (χ4v) is 2.05. The molecular weight excluding hydrogens is 376 g/mol. The molecule has 4 nitrogen and oxygen atoms in total. The molecule has 22 heavy (non-hydrogen) atoms. The molecule has 0 heterocycles. The summed E-state index contributed by atoms with van der Waals surface area (Å²) in [6, 6.07) is 9.57. The topological polar surface area (TPSA) is 53.2 Å². The highest BCUT2D eigenvalue weighted by Gasteiger charge is 2.11. The second kappa shape index (κ2) is 7.28. The van der Waals surface area contributed by atoms with E-state index in [1.807, 2.05) is 0 Å². The van der Waals surface area contributed by atoms with Crippen molar-refractivity contribution in [3.8, 4) is 0 Å². The maximum absolute atomic E-state index is 13.6. The van der Waals surface area contributed by atoms with Gasteiger partial charge < -0.3 is 5.32 Å². The first-order valence-corrected chi connectivity index (χ1v) is 7.24. The van der Waals surface area contributed by atoms with Crippen molar-refractivity contribution in [2.75, 3.05) is 5.32 Å². The van der Waals surface area contributed by atoms with Gasteiger partial charge in [0.1, 0.15) is 11.6 Å². The van der Waals surface area contributed by atoms with Crippen LogP contribution in [-0.2, 0) is 0 Å². The van der Waals surface area contributed by atoms with Crippen LogP contribution in [0.2, 0.25) is 0 Å². The van der Waals surface area contributed by atoms with E-state index in [0.29, 0.717) is 10.2 Å². The van der Waals surface area contributed by atoms with Crippen molar-refractivity contribution in [3.63, 3.8) is 0 Å². The minimum absolute atomic E-state index is 0.0810. The summed E-state index contributed by atoms with van der Waals surface area (Å²) >= 11 is 8.06. The molecular formula is C14H10BrF2N3OS. The Bertz CT molecular complexity index is 710. The largest absolute Gasteiger partial charge is 0.331 e. The summed E-state index contributed by atoms with van der Waals surface area (Å²) in [5.74, 6) is -1.71. The SMILES string of the molecule is O=C(NNC(=S)Nc1ccc(F)cc1)c1ccc(Br)cc1F. The van der Waals surface area contributed by atoms with Crippen LogP contribution in [0.1, 0.15) is 10.4 Å². The number of nitrogens with one attached hydrogen (secondary N) is 3. The van der Waals surface area contributed by atoms with Crippen LogP contribution in [0.5, 0.6) is 0 Å². The van der Waals surface area contributed by atoms with Crippen LogP contribution in [0.4, 0.5) is 14.5 Å². The van der Waals surface area contributed by atoms with Crippen molar-refractivity contribution in [2.45, 2.75) is 0 Å². The average molecular weight is 386 g/mol. The lowest BCUT2D eigenvalue weighted by Gasteiger charge is -2.12. The summed E-state index contributed by atoms with van der Waals surface area (Å²) in [5, 5.41) is 2.82. The van der Waals surface area contributed by atoms with Crippen molar-refractivity contribution in [1.82, 2.24) is 10.9 Å². The van der Waals surface area contributed by atoms with E-state index < -0.39 is 11.7 Å². The van der Waals surface area contributed by atoms with Gasteiger partial charge in [0.2, 0.25) is 0 Å². The van der Waals surface area contributed by atoms with E-state index in [9.17, 15) is 13.6 Å². The fraction of sp³-hybridized carbons (Fsp3) is 0. The summed E-state index contributed by atoms with van der Waals surface area (Å²) in [4.78, 5) is 11.8. The van der Waals surface area contributed by atoms with E-state index in [0.717, 1.165) is 0 Å². The van der Waals surface area contributed by atoms with Crippen molar-refractivity contribution < 1.29 is 13.6 Å². The summed E-state index contributed by atoms with van der Waals surface area (Å²) in [6.45, 7) is 0. The zero-order valence-corrected chi connectivity index (χ0v) is 13.4. The van der Waals surface area contributed by atoms with E-state index in [2.05, 4.69) is 32.1 Å². The number of hydrogen-bond acceptors (Lipinski definition) is 2. The number of thiocarbonyl (C=S) groups is 1. The van der Waals surface area contributed by atoms with Crippen molar-refractivity contribution in [1.29, 1.82) is 0 Å². The van der Waals surface area contributed by atoms with Crippen LogP contribution in [0.15, 0.2) is 46.9 Å². The van der Waals surface area contributed by atoms with Gasteiger partial charge in [-0.25, -0.2) is 8.78 Å². The Balaban J connectivity index is 1.90. The molecule has 3 N–H and O–H groups in total. The maximum Gasteiger partial charge on any atom is 0.272 e. The third-order valence-corrected chi connectivity index (χ3v) is 3.26. The normalized spacial score (nSPS) is 9.95. The molecule has 0 aromatic heterocycles. The molecule has 0 bridgehead atoms. The van der Waals surface area contributed by atoms with Crippen molar-refractivity contribution in [3.05, 3.63) is 64.1 Å². The van der Waals surface area contributed by atoms with E-state index >= 15 is 0 Å². The molecule has 0 saturated heterocycles. The van der Waals surface area contributed by atoms with Crippen LogP contribution in [0.25, 0.3) is 0 Å². The summed E-state index contributed by atoms with van der Waals surface area (Å²) in [7, 11) is 0. The molecule has 0 aliphatic rings. The summed E-state index contributed by atoms with van der Waals surface area (Å²) < 4.78 is 26.9. The van der Waals surface area contributed by atoms with Crippen LogP contribution < -0.4 is 16.2 Å². The Labute approximate surface area is 139 Å². The van der Waals surface area contributed by atoms with Gasteiger partial charge in [-0.15, -0.1) is 0 Å². The first kappa shape index (κ1) is 16.3. The van der Waals surface area contributed by atoms with Crippen LogP contribution in [0.3, 0.4) is 0 Å². The second-order valence-electron chi connectivity index (χ2n) is 4.16. The molecule has 0 atom stereocenters. The Morgan fingerprint density at radius 2 is 1.73 bits per heavy atom. The first-order valence-electron chi connectivity index (χ1n) is 6.03. The number of carbonyl (C=O) groups is 1. The molecule has 0 fully saturated rings. The third kappa shape index (κ3) is 4.47. The van der Waals surface area contributed by atoms with Crippen molar-refractivity contribution >= 4 is 44.9 Å². The minimum Gasteiger partial charge on any atom is -0.331 e. The van der Waals surface area contributed by atoms with E-state index in [1.165, 1.54) is 36.4 Å². The number of carbonyl (C=O) groups excluding carboxylic acids is 1. The molecule has 0 spiro atoms. The predicted octanol–water partition coefficient (Wildman–Crippen LogP) is 3.36. The fourth-order valence-electron chi connectivity index (χ4n) is 1.55. The smallest absolute Gasteiger partial charge is 0.272 e. The van der Waals surface area contributed by atoms with Gasteiger partial charge in [0.15, 0.2) is 5.11 Å². The molecule has 0 aliphatic carbocycles. The molecule has 0 aliphatic heterocycles. The number of anilines is 1. The molecule has 0 unspecified atom stereocenters. The number of halogens is 3. The molecule has 2 aromatic carbocycles. The lowest BCUT2D eigenvalue weighted by atomic mass is 10.2. The van der Waals surface area contributed by atoms with E-state index in [1.54, 1.807) is 6.07 Å². The summed E-state index contributed by atoms with van der Waals surface area (Å²) in [6.07, 6.45) is 0. The van der Waals surface area contributed by atoms with Gasteiger partial charge in [-0.05, 0) is 54.7 Å². The lowest BCUT2D eigenvalue weighted by Crippen LogP contribution is -2.44. The monoisotopic (exact) mass is 385 g/mol. The average Bonchev–Trinajstić information content (AvgIpc) is 2.47. The van der Waals surface area contributed by atoms with Gasteiger partial charge in [0.05, 0.1) is 5.56 Å². The van der Waals surface area contributed by atoms with Gasteiger partial charge in [-0.3, -0.25) is 15.6 Å². The number of benzene rings is 2. The third-order valence-electron chi connectivity index (χ3n) is 2.57. The standard InChI is InChI=1S/C14H10BrF2N3OS/c15-8-1-6-11(12(17)7-8)13(21)19-20-14(22)18-10-4-2-9(16)3-5-10/h1-7H,(H,19,21)(H2,18,20,22). The highest BCUT2D eigenvalue weighted by Crippen LogP contribution is 2.15. The Kier molecular flexibility index (Phi) is 5.40. The number of hydrogen-bond donors (Lipinski definition) is 3. The summed E-state index contributed by atoms with van der Waals surface area (Å²) in [5.41, 5.74) is 5.12. The highest BCUT2D eigenvalue weighted by molar-refractivity contribution is 9.10. The first-order chi connectivity index (χ1) is 10.5. The highest BCUT2D eigenvalue weighted by atomic mass is 79.9. The molecule has 0 saturated carbocycles. The van der Waals surface area contributed by atoms with Crippen LogP contribution in [-0.4, -0.2) is 11.0 Å². The van der Waals surface area contributed by atoms with Gasteiger partial charge in [-0.1, -0.05) is 15.9 Å². The van der Waals surface area contributed by atoms with Crippen LogP contribution >= 0.6 is 28.1 Å². The second-order valence-corrected chi connectivity index (χ2v) is 5.49. The number of amides is 1. The Morgan fingerprint density at radius 3 is 2.36 bits per heavy atom. The van der Waals surface area contributed by atoms with Crippen molar-refractivity contribution in [2.24, 2.45) is 0 Å². The molecule has 2 rings (SSSR count). The van der Waals surface area contributed by atoms with Gasteiger partial charge in [0, 0.05) is 10.2 Å². The number of hydrazine groups is 1.